The van der Waals surface area contributed by atoms with Crippen LogP contribution in [-0.4, -0.2) is 64.8 Å². The van der Waals surface area contributed by atoms with E-state index in [1.165, 1.54) is 13.2 Å². The summed E-state index contributed by atoms with van der Waals surface area (Å²) in [5.41, 5.74) is 0.264. The predicted molar refractivity (Wildman–Crippen MR) is 141 cm³/mol. The second-order valence-electron chi connectivity index (χ2n) is 10.6. The molecule has 1 amide bonds. The molecule has 5 rings (SSSR count). The zero-order valence-corrected chi connectivity index (χ0v) is 22.7. The zero-order chi connectivity index (χ0) is 26.5. The number of ether oxygens (including phenoxy) is 2. The van der Waals surface area contributed by atoms with Crippen LogP contribution in [0.3, 0.4) is 0 Å². The predicted octanol–water partition coefficient (Wildman–Crippen LogP) is 5.98. The standard InChI is InChI=1S/C26H28Cl2FN5O3/c1-25(2,3)37-24(35)34-13-26(14-34)8-10-33(11-9-26)22-15-12-16(27)20(30-21(15)31-23(28)32-22)19-17(29)6-5-7-18(19)36-4/h5-7,12H,8-11,13-14H2,1-4H3. The largest absolute Gasteiger partial charge is 0.496 e. The number of carbonyl (C=O) groups excluding carboxylic acids is 1. The molecule has 8 nitrogen and oxygen atoms in total. The van der Waals surface area contributed by atoms with E-state index in [1.807, 2.05) is 20.8 Å². The van der Waals surface area contributed by atoms with Gasteiger partial charge in [0.2, 0.25) is 5.28 Å². The van der Waals surface area contributed by atoms with Gasteiger partial charge in [-0.05, 0) is 63.4 Å². The van der Waals surface area contributed by atoms with Crippen molar-refractivity contribution in [3.05, 3.63) is 40.4 Å². The maximum Gasteiger partial charge on any atom is 0.410 e. The fourth-order valence-electron chi connectivity index (χ4n) is 5.04. The molecule has 3 aromatic rings. The maximum atomic E-state index is 14.7. The van der Waals surface area contributed by atoms with Crippen molar-refractivity contribution in [1.29, 1.82) is 0 Å². The molecular formula is C26H28Cl2FN5O3. The third-order valence-electron chi connectivity index (χ3n) is 6.85. The molecule has 2 fully saturated rings. The number of amides is 1. The van der Waals surface area contributed by atoms with E-state index in [1.54, 1.807) is 23.1 Å². The lowest BCUT2D eigenvalue weighted by Gasteiger charge is -2.53. The molecule has 0 saturated carbocycles. The van der Waals surface area contributed by atoms with Crippen molar-refractivity contribution >= 4 is 46.1 Å². The molecule has 1 aromatic carbocycles. The first-order valence-electron chi connectivity index (χ1n) is 12.1. The van der Waals surface area contributed by atoms with Crippen LogP contribution in [0.5, 0.6) is 5.75 Å². The van der Waals surface area contributed by atoms with Crippen LogP contribution in [0.25, 0.3) is 22.3 Å². The lowest BCUT2D eigenvalue weighted by atomic mass is 9.72. The van der Waals surface area contributed by atoms with E-state index in [0.29, 0.717) is 35.7 Å². The Morgan fingerprint density at radius 1 is 1.11 bits per heavy atom. The Balaban J connectivity index is 1.38. The molecule has 0 bridgehead atoms. The fourth-order valence-corrected chi connectivity index (χ4v) is 5.44. The molecule has 2 aliphatic heterocycles. The number of rotatable bonds is 3. The maximum absolute atomic E-state index is 14.7. The zero-order valence-electron chi connectivity index (χ0n) is 21.1. The molecule has 0 unspecified atom stereocenters. The van der Waals surface area contributed by atoms with Crippen LogP contribution in [0.2, 0.25) is 10.3 Å². The second-order valence-corrected chi connectivity index (χ2v) is 11.4. The molecular weight excluding hydrogens is 520 g/mol. The summed E-state index contributed by atoms with van der Waals surface area (Å²) >= 11 is 12.9. The van der Waals surface area contributed by atoms with E-state index in [4.69, 9.17) is 32.7 Å². The summed E-state index contributed by atoms with van der Waals surface area (Å²) in [6, 6.07) is 6.23. The van der Waals surface area contributed by atoms with Crippen molar-refractivity contribution in [3.8, 4) is 17.0 Å². The van der Waals surface area contributed by atoms with Gasteiger partial charge < -0.3 is 19.3 Å². The van der Waals surface area contributed by atoms with Crippen LogP contribution in [0.1, 0.15) is 33.6 Å². The van der Waals surface area contributed by atoms with Gasteiger partial charge in [-0.25, -0.2) is 14.2 Å². The Morgan fingerprint density at radius 2 is 1.81 bits per heavy atom. The summed E-state index contributed by atoms with van der Waals surface area (Å²) in [6.45, 7) is 8.42. The smallest absolute Gasteiger partial charge is 0.410 e. The summed E-state index contributed by atoms with van der Waals surface area (Å²) < 4.78 is 25.6. The van der Waals surface area contributed by atoms with Crippen LogP contribution < -0.4 is 9.64 Å². The van der Waals surface area contributed by atoms with Crippen LogP contribution >= 0.6 is 23.2 Å². The number of aromatic nitrogens is 3. The number of carbonyl (C=O) groups is 1. The van der Waals surface area contributed by atoms with Crippen LogP contribution in [0, 0.1) is 11.2 Å². The first kappa shape index (κ1) is 25.7. The Morgan fingerprint density at radius 3 is 2.46 bits per heavy atom. The highest BCUT2D eigenvalue weighted by molar-refractivity contribution is 6.34. The van der Waals surface area contributed by atoms with Crippen molar-refractivity contribution in [3.63, 3.8) is 0 Å². The molecule has 11 heteroatoms. The Kier molecular flexibility index (Phi) is 6.56. The molecule has 2 aromatic heterocycles. The van der Waals surface area contributed by atoms with Crippen LogP contribution in [-0.2, 0) is 4.74 Å². The highest BCUT2D eigenvalue weighted by atomic mass is 35.5. The molecule has 37 heavy (non-hydrogen) atoms. The summed E-state index contributed by atoms with van der Waals surface area (Å²) in [7, 11) is 1.46. The molecule has 0 radical (unpaired) electrons. The van der Waals surface area contributed by atoms with E-state index in [0.717, 1.165) is 25.9 Å². The van der Waals surface area contributed by atoms with Gasteiger partial charge in [0.05, 0.1) is 28.8 Å². The first-order chi connectivity index (χ1) is 17.5. The average molecular weight is 548 g/mol. The van der Waals surface area contributed by atoms with Crippen molar-refractivity contribution in [2.45, 2.75) is 39.2 Å². The highest BCUT2D eigenvalue weighted by Crippen LogP contribution is 2.43. The van der Waals surface area contributed by atoms with Gasteiger partial charge in [0.1, 0.15) is 23.0 Å². The minimum Gasteiger partial charge on any atom is -0.496 e. The number of anilines is 1. The van der Waals surface area contributed by atoms with Gasteiger partial charge in [0.25, 0.3) is 0 Å². The van der Waals surface area contributed by atoms with E-state index in [2.05, 4.69) is 19.9 Å². The molecule has 2 saturated heterocycles. The van der Waals surface area contributed by atoms with Crippen LogP contribution in [0.15, 0.2) is 24.3 Å². The van der Waals surface area contributed by atoms with Crippen molar-refractivity contribution in [2.75, 3.05) is 38.2 Å². The number of methoxy groups -OCH3 is 1. The first-order valence-corrected chi connectivity index (χ1v) is 12.8. The second kappa shape index (κ2) is 9.44. The molecule has 196 valence electrons. The number of benzene rings is 1. The number of pyridine rings is 1. The molecule has 0 N–H and O–H groups in total. The highest BCUT2D eigenvalue weighted by Gasteiger charge is 2.48. The van der Waals surface area contributed by atoms with Crippen LogP contribution in [0.4, 0.5) is 15.0 Å². The fraction of sp³-hybridized carbons (Fsp3) is 0.462. The normalized spacial score (nSPS) is 17.2. The minimum absolute atomic E-state index is 0.0452. The molecule has 0 aliphatic carbocycles. The average Bonchev–Trinajstić information content (AvgIpc) is 2.81. The number of piperidine rings is 1. The van der Waals surface area contributed by atoms with E-state index in [9.17, 15) is 9.18 Å². The molecule has 4 heterocycles. The number of hydrogen-bond donors (Lipinski definition) is 0. The van der Waals surface area contributed by atoms with Gasteiger partial charge in [-0.1, -0.05) is 17.7 Å². The van der Waals surface area contributed by atoms with Gasteiger partial charge in [0.15, 0.2) is 5.65 Å². The van der Waals surface area contributed by atoms with E-state index >= 15 is 0 Å². The number of hydrogen-bond acceptors (Lipinski definition) is 7. The number of likely N-dealkylation sites (tertiary alicyclic amines) is 1. The monoisotopic (exact) mass is 547 g/mol. The van der Waals surface area contributed by atoms with Crippen molar-refractivity contribution < 1.29 is 18.7 Å². The van der Waals surface area contributed by atoms with Gasteiger partial charge in [0, 0.05) is 31.6 Å². The number of halogens is 3. The molecule has 2 aliphatic rings. The van der Waals surface area contributed by atoms with Gasteiger partial charge >= 0.3 is 6.09 Å². The Hall–Kier alpha value is -2.91. The third-order valence-corrected chi connectivity index (χ3v) is 7.31. The van der Waals surface area contributed by atoms with Gasteiger partial charge in [-0.2, -0.15) is 9.97 Å². The SMILES string of the molecule is COc1cccc(F)c1-c1nc2nc(Cl)nc(N3CCC4(CC3)CN(C(=O)OC(C)(C)C)C4)c2cc1Cl. The third kappa shape index (κ3) is 4.99. The summed E-state index contributed by atoms with van der Waals surface area (Å²) in [4.78, 5) is 29.6. The number of fused-ring (bicyclic) bond motifs is 1. The summed E-state index contributed by atoms with van der Waals surface area (Å²) in [5, 5.41) is 0.931. The quantitative estimate of drug-likeness (QED) is 0.373. The van der Waals surface area contributed by atoms with Crippen molar-refractivity contribution in [2.24, 2.45) is 5.41 Å². The lowest BCUT2D eigenvalue weighted by Crippen LogP contribution is -2.62. The van der Waals surface area contributed by atoms with E-state index < -0.39 is 11.4 Å². The Bertz CT molecular complexity index is 1360. The summed E-state index contributed by atoms with van der Waals surface area (Å²) in [5.74, 6) is 0.446. The lowest BCUT2D eigenvalue weighted by molar-refractivity contribution is -0.0434. The number of nitrogens with zero attached hydrogens (tertiary/aromatic N) is 5. The van der Waals surface area contributed by atoms with Gasteiger partial charge in [-0.3, -0.25) is 0 Å². The minimum atomic E-state index is -0.511. The van der Waals surface area contributed by atoms with Crippen molar-refractivity contribution in [1.82, 2.24) is 19.9 Å². The van der Waals surface area contributed by atoms with E-state index in [-0.39, 0.29) is 33.1 Å². The topological polar surface area (TPSA) is 80.7 Å². The molecule has 1 spiro atoms. The Labute approximate surface area is 224 Å². The summed E-state index contributed by atoms with van der Waals surface area (Å²) in [6.07, 6.45) is 1.51. The van der Waals surface area contributed by atoms with Gasteiger partial charge in [-0.15, -0.1) is 0 Å². The molecule has 0 atom stereocenters.